The van der Waals surface area contributed by atoms with Gasteiger partial charge in [0, 0.05) is 6.54 Å². The summed E-state index contributed by atoms with van der Waals surface area (Å²) in [5.74, 6) is 1.32. The third-order valence-corrected chi connectivity index (χ3v) is 2.84. The first-order chi connectivity index (χ1) is 10.2. The molecule has 8 heteroatoms. The molecule has 1 N–H and O–H groups in total. The lowest BCUT2D eigenvalue weighted by atomic mass is 10.1. The van der Waals surface area contributed by atoms with E-state index in [-0.39, 0.29) is 0 Å². The highest BCUT2D eigenvalue weighted by molar-refractivity contribution is 5.29. The maximum atomic E-state index is 5.68. The van der Waals surface area contributed by atoms with Crippen molar-refractivity contribution in [3.05, 3.63) is 12.7 Å². The van der Waals surface area contributed by atoms with Crippen molar-refractivity contribution < 1.29 is 4.74 Å². The van der Waals surface area contributed by atoms with E-state index in [9.17, 15) is 0 Å². The van der Waals surface area contributed by atoms with Crippen LogP contribution in [0, 0.1) is 5.92 Å². The van der Waals surface area contributed by atoms with E-state index >= 15 is 0 Å². The van der Waals surface area contributed by atoms with Crippen LogP contribution in [0.3, 0.4) is 0 Å². The Morgan fingerprint density at radius 3 is 2.81 bits per heavy atom. The third-order valence-electron chi connectivity index (χ3n) is 2.84. The van der Waals surface area contributed by atoms with Crippen molar-refractivity contribution in [2.75, 3.05) is 18.5 Å². The van der Waals surface area contributed by atoms with Gasteiger partial charge in [-0.2, -0.15) is 24.7 Å². The van der Waals surface area contributed by atoms with Crippen LogP contribution in [-0.2, 0) is 0 Å². The second-order valence-electron chi connectivity index (χ2n) is 4.82. The summed E-state index contributed by atoms with van der Waals surface area (Å²) in [7, 11) is 0. The minimum atomic E-state index is 0.300. The molecule has 2 heterocycles. The van der Waals surface area contributed by atoms with Gasteiger partial charge in [-0.05, 0) is 19.3 Å². The molecular weight excluding hydrogens is 270 g/mol. The molecule has 0 bridgehead atoms. The zero-order valence-electron chi connectivity index (χ0n) is 12.7. The Morgan fingerprint density at radius 1 is 1.29 bits per heavy atom. The molecule has 0 spiro atoms. The van der Waals surface area contributed by atoms with Crippen LogP contribution in [0.15, 0.2) is 12.7 Å². The van der Waals surface area contributed by atoms with Gasteiger partial charge in [-0.1, -0.05) is 20.3 Å². The number of nitrogens with one attached hydrogen (secondary N) is 1. The third kappa shape index (κ3) is 4.37. The largest absolute Gasteiger partial charge is 0.463 e. The van der Waals surface area contributed by atoms with E-state index in [2.05, 4.69) is 44.2 Å². The molecule has 0 amide bonds. The fraction of sp³-hybridized carbons (Fsp3) is 0.615. The second kappa shape index (κ2) is 7.51. The normalized spacial score (nSPS) is 12.1. The van der Waals surface area contributed by atoms with Gasteiger partial charge in [-0.15, -0.1) is 0 Å². The molecule has 0 aliphatic carbocycles. The second-order valence-corrected chi connectivity index (χ2v) is 4.82. The Balaban J connectivity index is 2.16. The lowest BCUT2D eigenvalue weighted by Gasteiger charge is -2.12. The maximum absolute atomic E-state index is 5.68. The Morgan fingerprint density at radius 2 is 2.14 bits per heavy atom. The molecule has 2 rings (SSSR count). The molecule has 8 nitrogen and oxygen atoms in total. The van der Waals surface area contributed by atoms with Gasteiger partial charge in [0.15, 0.2) is 0 Å². The summed E-state index contributed by atoms with van der Waals surface area (Å²) < 4.78 is 7.16. The summed E-state index contributed by atoms with van der Waals surface area (Å²) in [6.45, 7) is 7.58. The predicted octanol–water partition coefficient (Wildman–Crippen LogP) is 1.70. The van der Waals surface area contributed by atoms with Gasteiger partial charge in [0.25, 0.3) is 5.95 Å². The van der Waals surface area contributed by atoms with Gasteiger partial charge in [0.05, 0.1) is 6.61 Å². The summed E-state index contributed by atoms with van der Waals surface area (Å²) in [4.78, 5) is 16.7. The minimum Gasteiger partial charge on any atom is -0.463 e. The van der Waals surface area contributed by atoms with E-state index in [1.807, 2.05) is 6.92 Å². The van der Waals surface area contributed by atoms with E-state index in [0.717, 1.165) is 12.8 Å². The van der Waals surface area contributed by atoms with Crippen LogP contribution in [0.5, 0.6) is 6.01 Å². The number of rotatable bonds is 8. The smallest absolute Gasteiger partial charge is 0.323 e. The fourth-order valence-electron chi connectivity index (χ4n) is 1.85. The molecule has 0 aromatic carbocycles. The van der Waals surface area contributed by atoms with E-state index in [1.165, 1.54) is 17.3 Å². The van der Waals surface area contributed by atoms with Crippen molar-refractivity contribution in [3.8, 4) is 12.0 Å². The predicted molar refractivity (Wildman–Crippen MR) is 78.5 cm³/mol. The molecule has 0 aliphatic heterocycles. The zero-order chi connectivity index (χ0) is 15.1. The van der Waals surface area contributed by atoms with Crippen LogP contribution >= 0.6 is 0 Å². The van der Waals surface area contributed by atoms with Crippen molar-refractivity contribution in [1.29, 1.82) is 0 Å². The van der Waals surface area contributed by atoms with Crippen LogP contribution in [0.2, 0.25) is 0 Å². The quantitative estimate of drug-likeness (QED) is 0.791. The number of nitrogens with zero attached hydrogens (tertiary/aromatic N) is 6. The van der Waals surface area contributed by atoms with Gasteiger partial charge < -0.3 is 10.1 Å². The van der Waals surface area contributed by atoms with Crippen LogP contribution in [0.4, 0.5) is 5.95 Å². The molecule has 0 fully saturated rings. The zero-order valence-corrected chi connectivity index (χ0v) is 12.7. The highest BCUT2D eigenvalue weighted by Crippen LogP contribution is 2.12. The number of anilines is 1. The van der Waals surface area contributed by atoms with Crippen molar-refractivity contribution in [2.24, 2.45) is 5.92 Å². The van der Waals surface area contributed by atoms with E-state index in [4.69, 9.17) is 4.74 Å². The molecule has 1 unspecified atom stereocenters. The van der Waals surface area contributed by atoms with Gasteiger partial charge in [-0.25, -0.2) is 4.98 Å². The van der Waals surface area contributed by atoms with E-state index < -0.39 is 0 Å². The molecule has 0 radical (unpaired) electrons. The SMILES string of the molecule is CCCC(C)COc1nc(NCC)nc(-n2cncn2)n1. The summed E-state index contributed by atoms with van der Waals surface area (Å²) in [5.41, 5.74) is 0. The van der Waals surface area contributed by atoms with Crippen molar-refractivity contribution >= 4 is 5.95 Å². The first-order valence-corrected chi connectivity index (χ1v) is 7.20. The Hall–Kier alpha value is -2.25. The molecule has 2 aromatic heterocycles. The van der Waals surface area contributed by atoms with Gasteiger partial charge in [-0.3, -0.25) is 0 Å². The standard InChI is InChI=1S/C13H21N7O/c1-4-6-10(3)7-21-13-18-11(15-5-2)17-12(19-13)20-9-14-8-16-20/h8-10H,4-7H2,1-3H3,(H,15,17,18,19). The van der Waals surface area contributed by atoms with E-state index in [0.29, 0.717) is 37.0 Å². The van der Waals surface area contributed by atoms with Crippen LogP contribution in [-0.4, -0.2) is 42.9 Å². The van der Waals surface area contributed by atoms with Gasteiger partial charge in [0.2, 0.25) is 5.95 Å². The number of aromatic nitrogens is 6. The summed E-state index contributed by atoms with van der Waals surface area (Å²) in [6, 6.07) is 0.300. The Bertz CT molecular complexity index is 543. The number of hydrogen-bond acceptors (Lipinski definition) is 7. The lowest BCUT2D eigenvalue weighted by molar-refractivity contribution is 0.233. The summed E-state index contributed by atoms with van der Waals surface area (Å²) >= 11 is 0. The highest BCUT2D eigenvalue weighted by Gasteiger charge is 2.11. The topological polar surface area (TPSA) is 90.6 Å². The molecular formula is C13H21N7O. The van der Waals surface area contributed by atoms with Crippen molar-refractivity contribution in [3.63, 3.8) is 0 Å². The van der Waals surface area contributed by atoms with Crippen molar-refractivity contribution in [2.45, 2.75) is 33.6 Å². The molecule has 114 valence electrons. The van der Waals surface area contributed by atoms with E-state index in [1.54, 1.807) is 0 Å². The monoisotopic (exact) mass is 291 g/mol. The Kier molecular flexibility index (Phi) is 5.42. The average molecular weight is 291 g/mol. The van der Waals surface area contributed by atoms with Crippen LogP contribution < -0.4 is 10.1 Å². The van der Waals surface area contributed by atoms with Gasteiger partial charge >= 0.3 is 6.01 Å². The molecule has 0 saturated carbocycles. The Labute approximate surface area is 124 Å². The highest BCUT2D eigenvalue weighted by atomic mass is 16.5. The van der Waals surface area contributed by atoms with Crippen LogP contribution in [0.1, 0.15) is 33.6 Å². The first kappa shape index (κ1) is 15.1. The molecule has 21 heavy (non-hydrogen) atoms. The minimum absolute atomic E-state index is 0.300. The molecule has 2 aromatic rings. The average Bonchev–Trinajstić information content (AvgIpc) is 3.00. The molecule has 1 atom stereocenters. The number of ether oxygens (including phenoxy) is 1. The van der Waals surface area contributed by atoms with Crippen LogP contribution in [0.25, 0.3) is 5.95 Å². The maximum Gasteiger partial charge on any atom is 0.323 e. The molecule has 0 saturated heterocycles. The van der Waals surface area contributed by atoms with Crippen molar-refractivity contribution in [1.82, 2.24) is 29.7 Å². The summed E-state index contributed by atoms with van der Waals surface area (Å²) in [5, 5.41) is 7.08. The lowest BCUT2D eigenvalue weighted by Crippen LogP contribution is -2.14. The fourth-order valence-corrected chi connectivity index (χ4v) is 1.85. The number of hydrogen-bond donors (Lipinski definition) is 1. The van der Waals surface area contributed by atoms with Gasteiger partial charge in [0.1, 0.15) is 12.7 Å². The molecule has 0 aliphatic rings. The summed E-state index contributed by atoms with van der Waals surface area (Å²) in [6.07, 6.45) is 5.21. The first-order valence-electron chi connectivity index (χ1n) is 7.20.